The van der Waals surface area contributed by atoms with Crippen LogP contribution in [0.4, 0.5) is 0 Å². The van der Waals surface area contributed by atoms with Gasteiger partial charge in [-0.25, -0.2) is 4.98 Å². The summed E-state index contributed by atoms with van der Waals surface area (Å²) in [5, 5.41) is 2.95. The number of hydrogen-bond donors (Lipinski definition) is 1. The van der Waals surface area contributed by atoms with E-state index in [2.05, 4.69) is 24.1 Å². The van der Waals surface area contributed by atoms with Crippen molar-refractivity contribution in [2.75, 3.05) is 19.6 Å². The normalized spacial score (nSPS) is 16.4. The number of aromatic nitrogens is 2. The van der Waals surface area contributed by atoms with Crippen molar-refractivity contribution in [2.45, 2.75) is 52.0 Å². The highest BCUT2D eigenvalue weighted by Gasteiger charge is 2.20. The summed E-state index contributed by atoms with van der Waals surface area (Å²) in [6.07, 6.45) is 6.01. The van der Waals surface area contributed by atoms with Gasteiger partial charge in [0.2, 0.25) is 11.8 Å². The molecule has 0 aromatic carbocycles. The third-order valence-electron chi connectivity index (χ3n) is 4.09. The van der Waals surface area contributed by atoms with E-state index >= 15 is 0 Å². The molecule has 1 aromatic heterocycles. The number of amides is 2. The fourth-order valence-corrected chi connectivity index (χ4v) is 2.80. The van der Waals surface area contributed by atoms with Crippen molar-refractivity contribution in [1.82, 2.24) is 19.8 Å². The van der Waals surface area contributed by atoms with E-state index in [1.807, 2.05) is 22.6 Å². The van der Waals surface area contributed by atoms with E-state index in [9.17, 15) is 9.59 Å². The molecule has 1 aliphatic rings. The van der Waals surface area contributed by atoms with Crippen molar-refractivity contribution >= 4 is 11.8 Å². The molecule has 1 atom stereocenters. The fraction of sp³-hybridized carbons (Fsp3) is 0.688. The number of hydrogen-bond acceptors (Lipinski definition) is 3. The van der Waals surface area contributed by atoms with Gasteiger partial charge in [0.1, 0.15) is 11.9 Å². The van der Waals surface area contributed by atoms with Crippen molar-refractivity contribution in [1.29, 1.82) is 0 Å². The maximum atomic E-state index is 12.2. The number of likely N-dealkylation sites (tertiary alicyclic amines) is 1. The number of carbonyl (C=O) groups excluding carboxylic acids is 2. The minimum atomic E-state index is -0.270. The summed E-state index contributed by atoms with van der Waals surface area (Å²) in [4.78, 5) is 29.9. The Kier molecular flexibility index (Phi) is 5.57. The Morgan fingerprint density at radius 2 is 2.18 bits per heavy atom. The molecule has 0 bridgehead atoms. The molecule has 122 valence electrons. The topological polar surface area (TPSA) is 67.2 Å². The van der Waals surface area contributed by atoms with Gasteiger partial charge in [-0.15, -0.1) is 0 Å². The standard InChI is InChI=1S/C16H26N4O2/c1-12(2)15-17-8-11-20(15)13(3)16(22)18-7-5-10-19-9-4-6-14(19)21/h8,11-13H,4-7,9-10H2,1-3H3,(H,18,22). The number of nitrogens with one attached hydrogen (secondary N) is 1. The number of carbonyl (C=O) groups is 2. The highest BCUT2D eigenvalue weighted by atomic mass is 16.2. The van der Waals surface area contributed by atoms with Crippen LogP contribution in [0.3, 0.4) is 0 Å². The first-order valence-corrected chi connectivity index (χ1v) is 8.09. The molecule has 1 unspecified atom stereocenters. The zero-order chi connectivity index (χ0) is 16.1. The van der Waals surface area contributed by atoms with Gasteiger partial charge in [0.25, 0.3) is 0 Å². The first-order chi connectivity index (χ1) is 10.5. The van der Waals surface area contributed by atoms with Gasteiger partial charge in [-0.3, -0.25) is 9.59 Å². The summed E-state index contributed by atoms with van der Waals surface area (Å²) in [5.74, 6) is 1.43. The van der Waals surface area contributed by atoms with E-state index in [1.165, 1.54) is 0 Å². The van der Waals surface area contributed by atoms with Crippen LogP contribution in [-0.2, 0) is 9.59 Å². The van der Waals surface area contributed by atoms with Gasteiger partial charge in [-0.05, 0) is 19.8 Å². The molecule has 1 N–H and O–H groups in total. The largest absolute Gasteiger partial charge is 0.354 e. The molecule has 1 saturated heterocycles. The van der Waals surface area contributed by atoms with E-state index in [0.29, 0.717) is 13.0 Å². The molecule has 1 aromatic rings. The van der Waals surface area contributed by atoms with Crippen LogP contribution >= 0.6 is 0 Å². The summed E-state index contributed by atoms with van der Waals surface area (Å²) in [6, 6.07) is -0.270. The third kappa shape index (κ3) is 3.87. The van der Waals surface area contributed by atoms with Crippen LogP contribution in [0.2, 0.25) is 0 Å². The number of nitrogens with zero attached hydrogens (tertiary/aromatic N) is 3. The smallest absolute Gasteiger partial charge is 0.242 e. The predicted molar refractivity (Wildman–Crippen MR) is 84.5 cm³/mol. The van der Waals surface area contributed by atoms with Crippen LogP contribution in [0, 0.1) is 0 Å². The first kappa shape index (κ1) is 16.5. The molecule has 2 heterocycles. The molecule has 0 radical (unpaired) electrons. The molecule has 1 aliphatic heterocycles. The molecule has 0 aliphatic carbocycles. The van der Waals surface area contributed by atoms with Crippen LogP contribution in [0.1, 0.15) is 57.8 Å². The van der Waals surface area contributed by atoms with Gasteiger partial charge in [-0.2, -0.15) is 0 Å². The second-order valence-electron chi connectivity index (χ2n) is 6.15. The fourth-order valence-electron chi connectivity index (χ4n) is 2.80. The maximum absolute atomic E-state index is 12.2. The zero-order valence-corrected chi connectivity index (χ0v) is 13.7. The second-order valence-corrected chi connectivity index (χ2v) is 6.15. The highest BCUT2D eigenvalue weighted by Crippen LogP contribution is 2.17. The summed E-state index contributed by atoms with van der Waals surface area (Å²) < 4.78 is 1.92. The number of imidazole rings is 1. The van der Waals surface area contributed by atoms with E-state index in [-0.39, 0.29) is 23.8 Å². The van der Waals surface area contributed by atoms with E-state index < -0.39 is 0 Å². The Bertz CT molecular complexity index is 524. The maximum Gasteiger partial charge on any atom is 0.242 e. The Morgan fingerprint density at radius 3 is 2.82 bits per heavy atom. The Morgan fingerprint density at radius 1 is 1.41 bits per heavy atom. The van der Waals surface area contributed by atoms with Crippen LogP contribution in [0.15, 0.2) is 12.4 Å². The Hall–Kier alpha value is -1.85. The average molecular weight is 306 g/mol. The van der Waals surface area contributed by atoms with Gasteiger partial charge >= 0.3 is 0 Å². The molecule has 2 rings (SSSR count). The van der Waals surface area contributed by atoms with Crippen LogP contribution in [-0.4, -0.2) is 45.9 Å². The van der Waals surface area contributed by atoms with Crippen molar-refractivity contribution in [3.05, 3.63) is 18.2 Å². The zero-order valence-electron chi connectivity index (χ0n) is 13.7. The van der Waals surface area contributed by atoms with Crippen molar-refractivity contribution in [3.8, 4) is 0 Å². The van der Waals surface area contributed by atoms with E-state index in [0.717, 1.165) is 31.8 Å². The van der Waals surface area contributed by atoms with E-state index in [1.54, 1.807) is 6.20 Å². The molecule has 6 nitrogen and oxygen atoms in total. The van der Waals surface area contributed by atoms with Gasteiger partial charge in [0.15, 0.2) is 0 Å². The second kappa shape index (κ2) is 7.42. The summed E-state index contributed by atoms with van der Waals surface area (Å²) in [5.41, 5.74) is 0. The lowest BCUT2D eigenvalue weighted by atomic mass is 10.2. The molecule has 0 saturated carbocycles. The van der Waals surface area contributed by atoms with Gasteiger partial charge in [0, 0.05) is 44.4 Å². The monoisotopic (exact) mass is 306 g/mol. The Balaban J connectivity index is 1.77. The molecule has 2 amide bonds. The average Bonchev–Trinajstić information content (AvgIpc) is 3.11. The van der Waals surface area contributed by atoms with Crippen LogP contribution in [0.5, 0.6) is 0 Å². The van der Waals surface area contributed by atoms with Gasteiger partial charge in [-0.1, -0.05) is 13.8 Å². The lowest BCUT2D eigenvalue weighted by Crippen LogP contribution is -2.34. The molecule has 1 fully saturated rings. The summed E-state index contributed by atoms with van der Waals surface area (Å²) in [7, 11) is 0. The van der Waals surface area contributed by atoms with Crippen molar-refractivity contribution in [2.24, 2.45) is 0 Å². The minimum Gasteiger partial charge on any atom is -0.354 e. The quantitative estimate of drug-likeness (QED) is 0.780. The molecular formula is C16H26N4O2. The molecular weight excluding hydrogens is 280 g/mol. The third-order valence-corrected chi connectivity index (χ3v) is 4.09. The summed E-state index contributed by atoms with van der Waals surface area (Å²) >= 11 is 0. The van der Waals surface area contributed by atoms with Gasteiger partial charge in [0.05, 0.1) is 0 Å². The lowest BCUT2D eigenvalue weighted by Gasteiger charge is -2.19. The lowest BCUT2D eigenvalue weighted by molar-refractivity contribution is -0.127. The van der Waals surface area contributed by atoms with Gasteiger partial charge < -0.3 is 14.8 Å². The number of rotatable bonds is 7. The predicted octanol–water partition coefficient (Wildman–Crippen LogP) is 1.70. The van der Waals surface area contributed by atoms with Crippen molar-refractivity contribution < 1.29 is 9.59 Å². The van der Waals surface area contributed by atoms with Crippen LogP contribution in [0.25, 0.3) is 0 Å². The SMILES string of the molecule is CC(C)c1nccn1C(C)C(=O)NCCCN1CCCC1=O. The molecule has 0 spiro atoms. The Labute approximate surface area is 131 Å². The first-order valence-electron chi connectivity index (χ1n) is 8.09. The molecule has 22 heavy (non-hydrogen) atoms. The highest BCUT2D eigenvalue weighted by molar-refractivity contribution is 5.80. The summed E-state index contributed by atoms with van der Waals surface area (Å²) in [6.45, 7) is 8.20. The van der Waals surface area contributed by atoms with Crippen LogP contribution < -0.4 is 5.32 Å². The van der Waals surface area contributed by atoms with Crippen molar-refractivity contribution in [3.63, 3.8) is 0 Å². The molecule has 6 heteroatoms. The van der Waals surface area contributed by atoms with E-state index in [4.69, 9.17) is 0 Å². The minimum absolute atomic E-state index is 0.00681.